The predicted octanol–water partition coefficient (Wildman–Crippen LogP) is 5.32. The molecule has 5 heteroatoms. The molecule has 1 saturated heterocycles. The fourth-order valence-corrected chi connectivity index (χ4v) is 4.73. The number of Topliss-reactive ketones (excluding diaryl/α,β-unsaturated/α-hetero) is 1. The van der Waals surface area contributed by atoms with Crippen LogP contribution in [0.1, 0.15) is 40.9 Å². The lowest BCUT2D eigenvalue weighted by Crippen LogP contribution is -2.34. The van der Waals surface area contributed by atoms with E-state index < -0.39 is 0 Å². The van der Waals surface area contributed by atoms with Crippen LogP contribution < -0.4 is 0 Å². The van der Waals surface area contributed by atoms with E-state index in [2.05, 4.69) is 53.6 Å². The van der Waals surface area contributed by atoms with Crippen LogP contribution >= 0.6 is 11.6 Å². The normalized spacial score (nSPS) is 15.2. The molecule has 30 heavy (non-hydrogen) atoms. The number of hydrogen-bond acceptors (Lipinski definition) is 3. The van der Waals surface area contributed by atoms with Gasteiger partial charge >= 0.3 is 0 Å². The molecule has 1 aromatic heterocycles. The lowest BCUT2D eigenvalue weighted by molar-refractivity contribution is 0.0916. The molecule has 0 N–H and O–H groups in total. The topological polar surface area (TPSA) is 28.5 Å². The van der Waals surface area contributed by atoms with E-state index >= 15 is 0 Å². The number of ketones is 1. The molecule has 0 aliphatic carbocycles. The number of halogens is 1. The molecule has 1 aliphatic heterocycles. The maximum Gasteiger partial charge on any atom is 0.179 e. The molecule has 0 bridgehead atoms. The van der Waals surface area contributed by atoms with Gasteiger partial charge in [-0.05, 0) is 82.8 Å². The van der Waals surface area contributed by atoms with Crippen LogP contribution in [0.25, 0.3) is 16.6 Å². The molecule has 3 aromatic rings. The highest BCUT2D eigenvalue weighted by molar-refractivity contribution is 6.30. The average Bonchev–Trinajstić information content (AvgIpc) is 3.00. The molecule has 4 nitrogen and oxygen atoms in total. The summed E-state index contributed by atoms with van der Waals surface area (Å²) in [5, 5.41) is 1.74. The molecule has 0 saturated carbocycles. The molecular weight excluding hydrogens is 394 g/mol. The summed E-state index contributed by atoms with van der Waals surface area (Å²) in [5.74, 6) is 0.215. The Balaban J connectivity index is 1.82. The van der Waals surface area contributed by atoms with Gasteiger partial charge in [-0.25, -0.2) is 0 Å². The monoisotopic (exact) mass is 423 g/mol. The highest BCUT2D eigenvalue weighted by Crippen LogP contribution is 2.31. The number of hydrogen-bond donors (Lipinski definition) is 0. The van der Waals surface area contributed by atoms with Gasteiger partial charge in [-0.1, -0.05) is 30.2 Å². The first-order chi connectivity index (χ1) is 14.4. The fraction of sp³-hybridized carbons (Fsp3) is 0.400. The number of aromatic nitrogens is 1. The van der Waals surface area contributed by atoms with Crippen LogP contribution in [0.3, 0.4) is 0 Å². The van der Waals surface area contributed by atoms with Crippen LogP contribution in [-0.4, -0.2) is 53.9 Å². The van der Waals surface area contributed by atoms with Crippen LogP contribution in [0, 0.1) is 6.92 Å². The summed E-state index contributed by atoms with van der Waals surface area (Å²) in [4.78, 5) is 17.9. The van der Waals surface area contributed by atoms with Crippen molar-refractivity contribution < 1.29 is 4.79 Å². The number of nitrogens with zero attached hydrogens (tertiary/aromatic N) is 3. The Bertz CT molecular complexity index is 1050. The molecule has 0 atom stereocenters. The number of fused-ring (bicyclic) bond motifs is 1. The molecule has 158 valence electrons. The maximum atomic E-state index is 13.4. The van der Waals surface area contributed by atoms with E-state index in [1.165, 1.54) is 24.8 Å². The third-order valence-electron chi connectivity index (χ3n) is 5.95. The van der Waals surface area contributed by atoms with Gasteiger partial charge in [0.15, 0.2) is 5.78 Å². The Kier molecular flexibility index (Phi) is 6.28. The van der Waals surface area contributed by atoms with Crippen LogP contribution in [-0.2, 0) is 6.54 Å². The van der Waals surface area contributed by atoms with Crippen LogP contribution in [0.2, 0.25) is 5.02 Å². The van der Waals surface area contributed by atoms with Gasteiger partial charge in [-0.3, -0.25) is 9.69 Å². The number of carbonyl (C=O) groups is 1. The average molecular weight is 424 g/mol. The molecule has 0 radical (unpaired) electrons. The summed E-state index contributed by atoms with van der Waals surface area (Å²) in [6, 6.07) is 14.3. The molecule has 2 heterocycles. The Morgan fingerprint density at radius 3 is 2.40 bits per heavy atom. The van der Waals surface area contributed by atoms with Crippen molar-refractivity contribution in [2.75, 3.05) is 33.7 Å². The third kappa shape index (κ3) is 4.31. The summed E-state index contributed by atoms with van der Waals surface area (Å²) in [5.41, 5.74) is 5.19. The lowest BCUT2D eigenvalue weighted by Gasteiger charge is -2.25. The summed E-state index contributed by atoms with van der Waals surface area (Å²) in [7, 11) is 4.14. The van der Waals surface area contributed by atoms with Gasteiger partial charge in [0.1, 0.15) is 0 Å². The first-order valence-corrected chi connectivity index (χ1v) is 11.1. The van der Waals surface area contributed by atoms with E-state index in [4.69, 9.17) is 11.6 Å². The Hall–Kier alpha value is -2.14. The van der Waals surface area contributed by atoms with E-state index in [1.807, 2.05) is 24.3 Å². The van der Waals surface area contributed by atoms with Crippen molar-refractivity contribution in [2.45, 2.75) is 32.7 Å². The first-order valence-electron chi connectivity index (χ1n) is 10.7. The van der Waals surface area contributed by atoms with E-state index in [9.17, 15) is 4.79 Å². The fourth-order valence-electron chi connectivity index (χ4n) is 4.60. The summed E-state index contributed by atoms with van der Waals surface area (Å²) < 4.78 is 2.20. The van der Waals surface area contributed by atoms with Crippen molar-refractivity contribution in [1.82, 2.24) is 14.4 Å². The van der Waals surface area contributed by atoms with Gasteiger partial charge in [0, 0.05) is 33.9 Å². The standard InChI is InChI=1S/C25H30ClN3O/c1-18-25(24(30)17-28-13-5-4-6-14-28)22-12-7-19(16-27(2)3)15-23(22)29(18)21-10-8-20(26)9-11-21/h7-12,15H,4-6,13-14,16-17H2,1-3H3. The van der Waals surface area contributed by atoms with E-state index in [0.29, 0.717) is 11.6 Å². The Morgan fingerprint density at radius 1 is 1.03 bits per heavy atom. The van der Waals surface area contributed by atoms with Gasteiger partial charge in [-0.15, -0.1) is 0 Å². The number of likely N-dealkylation sites (tertiary alicyclic amines) is 1. The highest BCUT2D eigenvalue weighted by atomic mass is 35.5. The van der Waals surface area contributed by atoms with E-state index in [0.717, 1.165) is 47.5 Å². The van der Waals surface area contributed by atoms with Crippen LogP contribution in [0.15, 0.2) is 42.5 Å². The molecular formula is C25H30ClN3O. The number of carbonyl (C=O) groups excluding carboxylic acids is 1. The maximum absolute atomic E-state index is 13.4. The second-order valence-corrected chi connectivity index (χ2v) is 9.06. The van der Waals surface area contributed by atoms with Crippen molar-refractivity contribution in [1.29, 1.82) is 0 Å². The predicted molar refractivity (Wildman–Crippen MR) is 125 cm³/mol. The first kappa shape index (κ1) is 21.1. The molecule has 4 rings (SSSR count). The Morgan fingerprint density at radius 2 is 1.73 bits per heavy atom. The minimum Gasteiger partial charge on any atom is -0.313 e. The largest absolute Gasteiger partial charge is 0.313 e. The molecule has 0 unspecified atom stereocenters. The summed E-state index contributed by atoms with van der Waals surface area (Å²) >= 11 is 6.13. The summed E-state index contributed by atoms with van der Waals surface area (Å²) in [6.07, 6.45) is 3.65. The smallest absolute Gasteiger partial charge is 0.179 e. The van der Waals surface area contributed by atoms with Crippen molar-refractivity contribution in [3.8, 4) is 5.69 Å². The Labute approximate surface area is 184 Å². The van der Waals surface area contributed by atoms with Gasteiger partial charge < -0.3 is 9.47 Å². The summed E-state index contributed by atoms with van der Waals surface area (Å²) in [6.45, 7) is 5.46. The van der Waals surface area contributed by atoms with Crippen LogP contribution in [0.4, 0.5) is 0 Å². The zero-order valence-corrected chi connectivity index (χ0v) is 18.9. The minimum atomic E-state index is 0.215. The van der Waals surface area contributed by atoms with Crippen LogP contribution in [0.5, 0.6) is 0 Å². The van der Waals surface area contributed by atoms with Gasteiger partial charge in [0.25, 0.3) is 0 Å². The SMILES string of the molecule is Cc1c(C(=O)CN2CCCCC2)c2ccc(CN(C)C)cc2n1-c1ccc(Cl)cc1. The number of piperidine rings is 1. The molecule has 0 spiro atoms. The van der Waals surface area contributed by atoms with Gasteiger partial charge in [0.05, 0.1) is 12.1 Å². The number of rotatable bonds is 6. The van der Waals surface area contributed by atoms with E-state index in [1.54, 1.807) is 0 Å². The van der Waals surface area contributed by atoms with Crippen molar-refractivity contribution >= 4 is 28.3 Å². The van der Waals surface area contributed by atoms with E-state index in [-0.39, 0.29) is 5.78 Å². The molecule has 1 fully saturated rings. The quantitative estimate of drug-likeness (QED) is 0.502. The number of benzene rings is 2. The molecule has 0 amide bonds. The van der Waals surface area contributed by atoms with Crippen molar-refractivity contribution in [2.24, 2.45) is 0 Å². The second kappa shape index (κ2) is 8.93. The molecule has 1 aliphatic rings. The second-order valence-electron chi connectivity index (χ2n) is 8.62. The van der Waals surface area contributed by atoms with Crippen molar-refractivity contribution in [3.63, 3.8) is 0 Å². The van der Waals surface area contributed by atoms with Gasteiger partial charge in [-0.2, -0.15) is 0 Å². The zero-order valence-electron chi connectivity index (χ0n) is 18.1. The van der Waals surface area contributed by atoms with Crippen molar-refractivity contribution in [3.05, 3.63) is 64.3 Å². The highest BCUT2D eigenvalue weighted by Gasteiger charge is 2.23. The van der Waals surface area contributed by atoms with Gasteiger partial charge in [0.2, 0.25) is 0 Å². The third-order valence-corrected chi connectivity index (χ3v) is 6.20. The minimum absolute atomic E-state index is 0.215. The molecule has 2 aromatic carbocycles. The lowest BCUT2D eigenvalue weighted by atomic mass is 10.0. The zero-order chi connectivity index (χ0) is 21.3.